The van der Waals surface area contributed by atoms with Crippen LogP contribution in [0.1, 0.15) is 31.4 Å². The highest BCUT2D eigenvalue weighted by molar-refractivity contribution is 6.05. The van der Waals surface area contributed by atoms with E-state index in [0.717, 1.165) is 5.56 Å². The summed E-state index contributed by atoms with van der Waals surface area (Å²) in [5, 5.41) is 0. The summed E-state index contributed by atoms with van der Waals surface area (Å²) in [6.07, 6.45) is 5.22. The molecular formula is C13H12O4. The fraction of sp³-hybridized carbons (Fsp3) is 0.385. The van der Waals surface area contributed by atoms with E-state index >= 15 is 0 Å². The molecule has 1 fully saturated rings. The van der Waals surface area contributed by atoms with Gasteiger partial charge in [0.1, 0.15) is 6.10 Å². The Morgan fingerprint density at radius 2 is 2.24 bits per heavy atom. The average molecular weight is 232 g/mol. The highest BCUT2D eigenvalue weighted by atomic mass is 16.5. The van der Waals surface area contributed by atoms with Gasteiger partial charge in [0.15, 0.2) is 5.78 Å². The van der Waals surface area contributed by atoms with Crippen molar-refractivity contribution in [3.05, 3.63) is 35.8 Å². The Morgan fingerprint density at radius 1 is 1.41 bits per heavy atom. The summed E-state index contributed by atoms with van der Waals surface area (Å²) in [6.45, 7) is 1.97. The molecule has 0 radical (unpaired) electrons. The first-order valence-electron chi connectivity index (χ1n) is 5.59. The number of Topliss-reactive ketones (excluding diaryl/α,β-unsaturated/α-hetero) is 1. The zero-order valence-corrected chi connectivity index (χ0v) is 9.43. The van der Waals surface area contributed by atoms with E-state index in [2.05, 4.69) is 0 Å². The average Bonchev–Trinajstić information content (AvgIpc) is 2.90. The molecule has 3 rings (SSSR count). The van der Waals surface area contributed by atoms with Gasteiger partial charge in [-0.15, -0.1) is 0 Å². The second kappa shape index (κ2) is 3.32. The maximum absolute atomic E-state index is 11.8. The van der Waals surface area contributed by atoms with Crippen LogP contribution in [-0.4, -0.2) is 11.8 Å². The maximum atomic E-state index is 11.8. The van der Waals surface area contributed by atoms with Crippen LogP contribution in [0.25, 0.3) is 0 Å². The molecule has 0 bridgehead atoms. The Kier molecular flexibility index (Phi) is 2.02. The molecule has 2 aliphatic rings. The van der Waals surface area contributed by atoms with Gasteiger partial charge in [-0.3, -0.25) is 4.79 Å². The molecule has 1 aliphatic heterocycles. The molecular weight excluding hydrogens is 220 g/mol. The minimum atomic E-state index is -0.445. The second-order valence-electron chi connectivity index (χ2n) is 4.77. The number of esters is 1. The summed E-state index contributed by atoms with van der Waals surface area (Å²) in [5.41, 5.74) is 0.996. The van der Waals surface area contributed by atoms with Crippen molar-refractivity contribution in [3.63, 3.8) is 0 Å². The number of fused-ring (bicyclic) bond motifs is 1. The quantitative estimate of drug-likeness (QED) is 0.696. The van der Waals surface area contributed by atoms with Crippen molar-refractivity contribution in [2.45, 2.75) is 25.9 Å². The lowest BCUT2D eigenvalue weighted by atomic mass is 9.75. The summed E-state index contributed by atoms with van der Waals surface area (Å²) in [4.78, 5) is 23.3. The number of cyclic esters (lactones) is 1. The van der Waals surface area contributed by atoms with E-state index in [0.29, 0.717) is 18.4 Å². The van der Waals surface area contributed by atoms with Gasteiger partial charge in [0.25, 0.3) is 0 Å². The fourth-order valence-electron chi connectivity index (χ4n) is 2.74. The lowest BCUT2D eigenvalue weighted by Crippen LogP contribution is -2.33. The van der Waals surface area contributed by atoms with E-state index in [-0.39, 0.29) is 5.78 Å². The van der Waals surface area contributed by atoms with Gasteiger partial charge in [-0.05, 0) is 12.5 Å². The Balaban J connectivity index is 2.10. The van der Waals surface area contributed by atoms with Crippen LogP contribution in [0.15, 0.2) is 34.7 Å². The van der Waals surface area contributed by atoms with Crippen LogP contribution in [0.2, 0.25) is 0 Å². The summed E-state index contributed by atoms with van der Waals surface area (Å²) >= 11 is 0. The van der Waals surface area contributed by atoms with Crippen LogP contribution >= 0.6 is 0 Å². The summed E-state index contributed by atoms with van der Waals surface area (Å²) < 4.78 is 10.4. The first-order valence-corrected chi connectivity index (χ1v) is 5.59. The Labute approximate surface area is 98.2 Å². The molecule has 0 N–H and O–H groups in total. The van der Waals surface area contributed by atoms with Gasteiger partial charge in [-0.25, -0.2) is 4.79 Å². The molecule has 17 heavy (non-hydrogen) atoms. The normalized spacial score (nSPS) is 32.1. The van der Waals surface area contributed by atoms with Gasteiger partial charge < -0.3 is 9.15 Å². The van der Waals surface area contributed by atoms with Crippen LogP contribution in [0.4, 0.5) is 0 Å². The SMILES string of the molecule is C[C@@]12CCC(=O)C1=CC(=O)O[C@H]2c1ccoc1. The first-order chi connectivity index (χ1) is 8.11. The largest absolute Gasteiger partial charge is 0.472 e. The third-order valence-electron chi connectivity index (χ3n) is 3.71. The molecule has 0 saturated heterocycles. The monoisotopic (exact) mass is 232 g/mol. The predicted octanol–water partition coefficient (Wildman–Crippen LogP) is 2.17. The number of carbonyl (C=O) groups excluding carboxylic acids is 2. The van der Waals surface area contributed by atoms with Crippen molar-refractivity contribution in [1.82, 2.24) is 0 Å². The third kappa shape index (κ3) is 1.37. The smallest absolute Gasteiger partial charge is 0.331 e. The molecule has 0 spiro atoms. The van der Waals surface area contributed by atoms with Crippen LogP contribution in [-0.2, 0) is 14.3 Å². The molecule has 2 atom stereocenters. The third-order valence-corrected chi connectivity index (χ3v) is 3.71. The number of ketones is 1. The zero-order chi connectivity index (χ0) is 12.0. The Hall–Kier alpha value is -1.84. The highest BCUT2D eigenvalue weighted by Crippen LogP contribution is 2.53. The van der Waals surface area contributed by atoms with E-state index in [1.165, 1.54) is 6.08 Å². The minimum absolute atomic E-state index is 0.0534. The molecule has 0 aromatic carbocycles. The van der Waals surface area contributed by atoms with E-state index in [1.54, 1.807) is 18.6 Å². The number of hydrogen-bond acceptors (Lipinski definition) is 4. The standard InChI is InChI=1S/C13H12O4/c1-13-4-2-10(14)9(13)6-11(15)17-12(13)8-3-5-16-7-8/h3,5-7,12H,2,4H2,1H3/t12-,13+/m0/s1. The summed E-state index contributed by atoms with van der Waals surface area (Å²) in [6, 6.07) is 1.77. The Morgan fingerprint density at radius 3 is 2.94 bits per heavy atom. The molecule has 1 aliphatic carbocycles. The van der Waals surface area contributed by atoms with Gasteiger partial charge in [-0.1, -0.05) is 6.92 Å². The molecule has 4 heteroatoms. The number of ether oxygens (including phenoxy) is 1. The van der Waals surface area contributed by atoms with Crippen LogP contribution < -0.4 is 0 Å². The molecule has 1 saturated carbocycles. The molecule has 1 aromatic rings. The molecule has 88 valence electrons. The molecule has 0 amide bonds. The van der Waals surface area contributed by atoms with Crippen molar-refractivity contribution in [2.24, 2.45) is 5.41 Å². The zero-order valence-electron chi connectivity index (χ0n) is 9.43. The van der Waals surface area contributed by atoms with Crippen LogP contribution in [0.5, 0.6) is 0 Å². The van der Waals surface area contributed by atoms with Crippen molar-refractivity contribution in [1.29, 1.82) is 0 Å². The number of hydrogen-bond donors (Lipinski definition) is 0. The minimum Gasteiger partial charge on any atom is -0.472 e. The number of rotatable bonds is 1. The van der Waals surface area contributed by atoms with E-state index in [1.807, 2.05) is 6.92 Å². The lowest BCUT2D eigenvalue weighted by molar-refractivity contribution is -0.151. The van der Waals surface area contributed by atoms with Crippen molar-refractivity contribution < 1.29 is 18.7 Å². The lowest BCUT2D eigenvalue weighted by Gasteiger charge is -2.36. The predicted molar refractivity (Wildman–Crippen MR) is 58.0 cm³/mol. The van der Waals surface area contributed by atoms with E-state index in [9.17, 15) is 9.59 Å². The van der Waals surface area contributed by atoms with Gasteiger partial charge in [0.05, 0.1) is 12.5 Å². The summed E-state index contributed by atoms with van der Waals surface area (Å²) in [5.74, 6) is -0.392. The van der Waals surface area contributed by atoms with E-state index < -0.39 is 17.5 Å². The van der Waals surface area contributed by atoms with Crippen molar-refractivity contribution in [2.75, 3.05) is 0 Å². The van der Waals surface area contributed by atoms with Crippen LogP contribution in [0, 0.1) is 5.41 Å². The molecule has 4 nitrogen and oxygen atoms in total. The van der Waals surface area contributed by atoms with Crippen LogP contribution in [0.3, 0.4) is 0 Å². The van der Waals surface area contributed by atoms with Gasteiger partial charge in [0, 0.05) is 29.0 Å². The second-order valence-corrected chi connectivity index (χ2v) is 4.77. The first kappa shape index (κ1) is 10.3. The van der Waals surface area contributed by atoms with Gasteiger partial charge in [0.2, 0.25) is 0 Å². The topological polar surface area (TPSA) is 56.5 Å². The number of carbonyl (C=O) groups is 2. The highest BCUT2D eigenvalue weighted by Gasteiger charge is 2.50. The van der Waals surface area contributed by atoms with Gasteiger partial charge >= 0.3 is 5.97 Å². The van der Waals surface area contributed by atoms with Crippen molar-refractivity contribution in [3.8, 4) is 0 Å². The summed E-state index contributed by atoms with van der Waals surface area (Å²) in [7, 11) is 0. The van der Waals surface area contributed by atoms with E-state index in [4.69, 9.17) is 9.15 Å². The molecule has 1 aromatic heterocycles. The maximum Gasteiger partial charge on any atom is 0.331 e. The van der Waals surface area contributed by atoms with Gasteiger partial charge in [-0.2, -0.15) is 0 Å². The number of furan rings is 1. The Bertz CT molecular complexity index is 512. The van der Waals surface area contributed by atoms with Crippen molar-refractivity contribution >= 4 is 11.8 Å². The molecule has 0 unspecified atom stereocenters. The molecule has 2 heterocycles. The fourth-order valence-corrected chi connectivity index (χ4v) is 2.74.